The Balaban J connectivity index is 1.59. The molecule has 0 atom stereocenters. The highest BCUT2D eigenvalue weighted by atomic mass is 19.2. The highest BCUT2D eigenvalue weighted by Crippen LogP contribution is 2.43. The second-order valence-electron chi connectivity index (χ2n) is 10.4. The molecule has 1 fully saturated rings. The predicted octanol–water partition coefficient (Wildman–Crippen LogP) is 7.81. The molecule has 42 heavy (non-hydrogen) atoms. The second kappa shape index (κ2) is 11.7. The fraction of sp³-hybridized carbons (Fsp3) is 0.206. The third-order valence-corrected chi connectivity index (χ3v) is 7.77. The van der Waals surface area contributed by atoms with Gasteiger partial charge in [-0.3, -0.25) is 0 Å². The van der Waals surface area contributed by atoms with E-state index in [9.17, 15) is 18.7 Å². The van der Waals surface area contributed by atoms with Gasteiger partial charge in [-0.2, -0.15) is 0 Å². The normalized spacial score (nSPS) is 13.9. The number of aromatic nitrogens is 1. The molecule has 0 unspecified atom stereocenters. The van der Waals surface area contributed by atoms with Crippen LogP contribution in [0.2, 0.25) is 0 Å². The number of carboxylic acids is 1. The minimum absolute atomic E-state index is 0.0161. The molecule has 2 heterocycles. The summed E-state index contributed by atoms with van der Waals surface area (Å²) in [6, 6.07) is 23.0. The summed E-state index contributed by atoms with van der Waals surface area (Å²) in [7, 11) is 0. The number of carbonyl (C=O) groups is 1. The van der Waals surface area contributed by atoms with Gasteiger partial charge in [-0.05, 0) is 65.9 Å². The minimum atomic E-state index is -1.21. The number of carboxylic acid groups (broad SMARTS) is 1. The van der Waals surface area contributed by atoms with Crippen molar-refractivity contribution in [3.05, 3.63) is 130 Å². The Morgan fingerprint density at radius 1 is 0.881 bits per heavy atom. The highest BCUT2D eigenvalue weighted by molar-refractivity contribution is 5.93. The Hall–Kier alpha value is -4.56. The Kier molecular flexibility index (Phi) is 7.71. The second-order valence-corrected chi connectivity index (χ2v) is 10.4. The highest BCUT2D eigenvalue weighted by Gasteiger charge is 2.29. The SMILES string of the molecule is O=C(O)c1ccc(Cc2c(C3CCOCC3)n(-c3ccc(F)c(F)c3)c3cccc(OCc4ccccc4)c23)c(F)c1. The summed E-state index contributed by atoms with van der Waals surface area (Å²) in [6.45, 7) is 1.36. The molecule has 0 amide bonds. The van der Waals surface area contributed by atoms with Gasteiger partial charge < -0.3 is 19.1 Å². The maximum absolute atomic E-state index is 15.4. The summed E-state index contributed by atoms with van der Waals surface area (Å²) in [6.07, 6.45) is 1.51. The molecule has 0 saturated carbocycles. The van der Waals surface area contributed by atoms with Gasteiger partial charge in [0.2, 0.25) is 0 Å². The molecule has 1 N–H and O–H groups in total. The van der Waals surface area contributed by atoms with Crippen LogP contribution in [0.3, 0.4) is 0 Å². The molecular weight excluding hydrogens is 543 g/mol. The van der Waals surface area contributed by atoms with Crippen molar-refractivity contribution in [3.63, 3.8) is 0 Å². The average Bonchev–Trinajstić information content (AvgIpc) is 3.34. The topological polar surface area (TPSA) is 60.7 Å². The van der Waals surface area contributed by atoms with Crippen molar-refractivity contribution in [2.24, 2.45) is 0 Å². The molecule has 1 aromatic heterocycles. The van der Waals surface area contributed by atoms with Crippen molar-refractivity contribution in [1.82, 2.24) is 4.57 Å². The molecule has 0 spiro atoms. The van der Waals surface area contributed by atoms with Crippen LogP contribution in [-0.2, 0) is 17.8 Å². The van der Waals surface area contributed by atoms with Gasteiger partial charge in [-0.15, -0.1) is 0 Å². The first-order valence-electron chi connectivity index (χ1n) is 13.8. The van der Waals surface area contributed by atoms with E-state index in [1.165, 1.54) is 24.3 Å². The molecule has 1 saturated heterocycles. The van der Waals surface area contributed by atoms with E-state index >= 15 is 4.39 Å². The Morgan fingerprint density at radius 3 is 2.38 bits per heavy atom. The molecule has 5 aromatic rings. The van der Waals surface area contributed by atoms with Crippen molar-refractivity contribution < 1.29 is 32.5 Å². The lowest BCUT2D eigenvalue weighted by atomic mass is 9.90. The van der Waals surface area contributed by atoms with Gasteiger partial charge in [0.1, 0.15) is 18.2 Å². The zero-order valence-corrected chi connectivity index (χ0v) is 22.7. The van der Waals surface area contributed by atoms with Crippen LogP contribution in [-0.4, -0.2) is 28.9 Å². The van der Waals surface area contributed by atoms with E-state index in [2.05, 4.69) is 0 Å². The lowest BCUT2D eigenvalue weighted by molar-refractivity contribution is 0.0696. The fourth-order valence-electron chi connectivity index (χ4n) is 5.75. The first-order valence-corrected chi connectivity index (χ1v) is 13.8. The maximum Gasteiger partial charge on any atom is 0.335 e. The lowest BCUT2D eigenvalue weighted by Crippen LogP contribution is -2.18. The number of halogens is 3. The first-order chi connectivity index (χ1) is 20.4. The average molecular weight is 572 g/mol. The molecule has 6 rings (SSSR count). The Bertz CT molecular complexity index is 1760. The largest absolute Gasteiger partial charge is 0.488 e. The predicted molar refractivity (Wildman–Crippen MR) is 153 cm³/mol. The van der Waals surface area contributed by atoms with Crippen molar-refractivity contribution in [2.75, 3.05) is 13.2 Å². The zero-order valence-electron chi connectivity index (χ0n) is 22.7. The molecule has 1 aliphatic heterocycles. The first kappa shape index (κ1) is 27.6. The molecule has 0 bridgehead atoms. The van der Waals surface area contributed by atoms with Crippen LogP contribution in [0.25, 0.3) is 16.6 Å². The quantitative estimate of drug-likeness (QED) is 0.206. The number of ether oxygens (including phenoxy) is 2. The van der Waals surface area contributed by atoms with E-state index in [1.807, 2.05) is 53.1 Å². The summed E-state index contributed by atoms with van der Waals surface area (Å²) in [5, 5.41) is 10.1. The van der Waals surface area contributed by atoms with Crippen LogP contribution in [0.5, 0.6) is 5.75 Å². The number of aromatic carboxylic acids is 1. The Morgan fingerprint density at radius 2 is 1.67 bits per heavy atom. The van der Waals surface area contributed by atoms with Crippen LogP contribution in [0.1, 0.15) is 51.5 Å². The lowest BCUT2D eigenvalue weighted by Gasteiger charge is -2.26. The molecule has 0 radical (unpaired) electrons. The molecule has 4 aromatic carbocycles. The molecule has 8 heteroatoms. The van der Waals surface area contributed by atoms with Crippen molar-refractivity contribution in [2.45, 2.75) is 31.8 Å². The molecule has 214 valence electrons. The summed E-state index contributed by atoms with van der Waals surface area (Å²) >= 11 is 0. The molecule has 0 aliphatic carbocycles. The number of hydrogen-bond donors (Lipinski definition) is 1. The van der Waals surface area contributed by atoms with Crippen molar-refractivity contribution >= 4 is 16.9 Å². The number of nitrogens with zero attached hydrogens (tertiary/aromatic N) is 1. The van der Waals surface area contributed by atoms with Crippen LogP contribution >= 0.6 is 0 Å². The Labute approximate surface area is 240 Å². The number of fused-ring (bicyclic) bond motifs is 1. The van der Waals surface area contributed by atoms with Gasteiger partial charge >= 0.3 is 5.97 Å². The van der Waals surface area contributed by atoms with E-state index in [0.717, 1.165) is 34.3 Å². The van der Waals surface area contributed by atoms with Crippen molar-refractivity contribution in [3.8, 4) is 11.4 Å². The summed E-state index contributed by atoms with van der Waals surface area (Å²) in [4.78, 5) is 11.4. The van der Waals surface area contributed by atoms with Gasteiger partial charge in [0.15, 0.2) is 11.6 Å². The van der Waals surface area contributed by atoms with Crippen LogP contribution in [0.4, 0.5) is 13.2 Å². The molecule has 5 nitrogen and oxygen atoms in total. The third-order valence-electron chi connectivity index (χ3n) is 7.77. The smallest absolute Gasteiger partial charge is 0.335 e. The fourth-order valence-corrected chi connectivity index (χ4v) is 5.75. The minimum Gasteiger partial charge on any atom is -0.488 e. The summed E-state index contributed by atoms with van der Waals surface area (Å²) < 4.78 is 57.9. The standard InChI is InChI=1S/C34H28F3NO4/c35-27-12-11-25(19-29(27)37)38-30-7-4-8-31(42-20-21-5-2-1-3-6-21)32(30)26(33(38)22-13-15-41-16-14-22)17-23-9-10-24(34(39)40)18-28(23)36/h1-12,18-19,22H,13-17,20H2,(H,39,40). The van der Waals surface area contributed by atoms with E-state index < -0.39 is 23.4 Å². The van der Waals surface area contributed by atoms with Gasteiger partial charge in [-0.25, -0.2) is 18.0 Å². The van der Waals surface area contributed by atoms with Crippen molar-refractivity contribution in [1.29, 1.82) is 0 Å². The van der Waals surface area contributed by atoms with Crippen LogP contribution in [0.15, 0.2) is 84.9 Å². The van der Waals surface area contributed by atoms with E-state index in [1.54, 1.807) is 0 Å². The van der Waals surface area contributed by atoms with Crippen LogP contribution < -0.4 is 4.74 Å². The molecule has 1 aliphatic rings. The van der Waals surface area contributed by atoms with Gasteiger partial charge in [0.05, 0.1) is 11.1 Å². The van der Waals surface area contributed by atoms with Gasteiger partial charge in [0, 0.05) is 48.4 Å². The molecular formula is C34H28F3NO4. The van der Waals surface area contributed by atoms with Gasteiger partial charge in [0.25, 0.3) is 0 Å². The van der Waals surface area contributed by atoms with Gasteiger partial charge in [-0.1, -0.05) is 42.5 Å². The number of benzene rings is 4. The van der Waals surface area contributed by atoms with E-state index in [4.69, 9.17) is 9.47 Å². The number of rotatable bonds is 8. The van der Waals surface area contributed by atoms with Crippen LogP contribution in [0, 0.1) is 17.5 Å². The van der Waals surface area contributed by atoms with E-state index in [0.29, 0.717) is 55.2 Å². The third kappa shape index (κ3) is 5.37. The monoisotopic (exact) mass is 571 g/mol. The van der Waals surface area contributed by atoms with E-state index in [-0.39, 0.29) is 17.9 Å². The maximum atomic E-state index is 15.4. The summed E-state index contributed by atoms with van der Waals surface area (Å²) in [5.74, 6) is -3.21. The number of hydrogen-bond acceptors (Lipinski definition) is 3. The summed E-state index contributed by atoms with van der Waals surface area (Å²) in [5.41, 5.74) is 3.92. The zero-order chi connectivity index (χ0) is 29.2.